The second kappa shape index (κ2) is 7.24. The van der Waals surface area contributed by atoms with Gasteiger partial charge in [-0.15, -0.1) is 0 Å². The number of nitrogens with zero attached hydrogens (tertiary/aromatic N) is 4. The molecule has 0 spiro atoms. The molecule has 1 saturated heterocycles. The summed E-state index contributed by atoms with van der Waals surface area (Å²) >= 11 is 0. The average molecular weight is 347 g/mol. The number of imidazole rings is 1. The molecule has 4 N–H and O–H groups in total. The number of nitrogen functional groups attached to an aromatic ring is 1. The number of urea groups is 1. The number of hydrogen-bond donors (Lipinski definition) is 3. The molecule has 0 aromatic carbocycles. The van der Waals surface area contributed by atoms with Gasteiger partial charge in [-0.3, -0.25) is 20.2 Å². The number of rotatable bonds is 3. The van der Waals surface area contributed by atoms with Crippen molar-refractivity contribution >= 4 is 34.8 Å². The summed E-state index contributed by atoms with van der Waals surface area (Å²) in [5.74, 6) is -0.551. The van der Waals surface area contributed by atoms with Gasteiger partial charge in [0.2, 0.25) is 11.8 Å². The van der Waals surface area contributed by atoms with E-state index < -0.39 is 23.3 Å². The van der Waals surface area contributed by atoms with Gasteiger partial charge in [0, 0.05) is 6.54 Å². The molecule has 25 heavy (non-hydrogen) atoms. The van der Waals surface area contributed by atoms with Crippen LogP contribution in [0, 0.1) is 5.41 Å². The molecule has 1 aliphatic heterocycles. The van der Waals surface area contributed by atoms with Crippen LogP contribution in [0.25, 0.3) is 11.2 Å². The van der Waals surface area contributed by atoms with Gasteiger partial charge in [0.15, 0.2) is 11.5 Å². The van der Waals surface area contributed by atoms with Crippen molar-refractivity contribution in [2.24, 2.45) is 5.41 Å². The van der Waals surface area contributed by atoms with E-state index in [0.29, 0.717) is 24.2 Å². The van der Waals surface area contributed by atoms with E-state index in [4.69, 9.17) is 5.73 Å². The molecule has 2 aromatic heterocycles. The number of carbonyl (C=O) groups excluding carboxylic acids is 3. The van der Waals surface area contributed by atoms with Crippen molar-refractivity contribution in [1.82, 2.24) is 30.2 Å². The Morgan fingerprint density at radius 2 is 1.64 bits per heavy atom. The Kier molecular flexibility index (Phi) is 5.30. The van der Waals surface area contributed by atoms with Gasteiger partial charge in [-0.05, 0) is 19.8 Å². The third-order valence-corrected chi connectivity index (χ3v) is 4.30. The lowest BCUT2D eigenvalue weighted by molar-refractivity contribution is -0.144. The van der Waals surface area contributed by atoms with E-state index in [0.717, 1.165) is 12.2 Å². The Bertz CT molecular complexity index is 789. The number of imide groups is 2. The predicted octanol–water partition coefficient (Wildman–Crippen LogP) is 0.587. The van der Waals surface area contributed by atoms with Gasteiger partial charge in [0.25, 0.3) is 0 Å². The summed E-state index contributed by atoms with van der Waals surface area (Å²) < 4.78 is 1.92. The summed E-state index contributed by atoms with van der Waals surface area (Å²) in [6.45, 7) is 6.36. The highest BCUT2D eigenvalue weighted by molar-refractivity contribution is 6.19. The maximum absolute atomic E-state index is 11.4. The van der Waals surface area contributed by atoms with E-state index in [9.17, 15) is 14.4 Å². The number of aryl methyl sites for hydroxylation is 1. The summed E-state index contributed by atoms with van der Waals surface area (Å²) in [7, 11) is 0. The highest BCUT2D eigenvalue weighted by Gasteiger charge is 2.47. The molecule has 0 atom stereocenters. The lowest BCUT2D eigenvalue weighted by Gasteiger charge is -2.31. The maximum atomic E-state index is 11.4. The van der Waals surface area contributed by atoms with Crippen LogP contribution < -0.4 is 16.4 Å². The van der Waals surface area contributed by atoms with E-state index in [2.05, 4.69) is 25.6 Å². The highest BCUT2D eigenvalue weighted by Crippen LogP contribution is 2.28. The minimum Gasteiger partial charge on any atom is -0.382 e. The Labute approximate surface area is 144 Å². The highest BCUT2D eigenvalue weighted by atomic mass is 16.2. The van der Waals surface area contributed by atoms with Crippen molar-refractivity contribution in [3.63, 3.8) is 0 Å². The van der Waals surface area contributed by atoms with Crippen LogP contribution in [-0.2, 0) is 16.1 Å². The van der Waals surface area contributed by atoms with Gasteiger partial charge in [0.05, 0.1) is 6.33 Å². The second-order valence-corrected chi connectivity index (χ2v) is 5.49. The van der Waals surface area contributed by atoms with E-state index >= 15 is 0 Å². The minimum absolute atomic E-state index is 0.397. The largest absolute Gasteiger partial charge is 0.382 e. The molecular weight excluding hydrogens is 326 g/mol. The van der Waals surface area contributed by atoms with Crippen molar-refractivity contribution in [2.75, 3.05) is 5.73 Å². The molecule has 4 amide bonds. The number of fused-ring (bicyclic) bond motifs is 1. The summed E-state index contributed by atoms with van der Waals surface area (Å²) in [5.41, 5.74) is 6.01. The number of anilines is 1. The predicted molar refractivity (Wildman–Crippen MR) is 90.1 cm³/mol. The Balaban J connectivity index is 0.000000181. The first-order chi connectivity index (χ1) is 11.9. The molecule has 0 saturated carbocycles. The Hall–Kier alpha value is -3.04. The number of aromatic nitrogens is 4. The third kappa shape index (κ3) is 3.28. The second-order valence-electron chi connectivity index (χ2n) is 5.49. The molecule has 0 bridgehead atoms. The molecule has 1 aliphatic rings. The number of amides is 4. The lowest BCUT2D eigenvalue weighted by Crippen LogP contribution is -2.61. The molecule has 10 heteroatoms. The summed E-state index contributed by atoms with van der Waals surface area (Å²) in [6.07, 6.45) is 3.96. The fraction of sp³-hybridized carbons (Fsp3) is 0.467. The zero-order valence-corrected chi connectivity index (χ0v) is 14.4. The quantitative estimate of drug-likeness (QED) is 0.689. The van der Waals surface area contributed by atoms with Crippen LogP contribution in [0.2, 0.25) is 0 Å². The van der Waals surface area contributed by atoms with Crippen LogP contribution in [0.5, 0.6) is 0 Å². The zero-order valence-electron chi connectivity index (χ0n) is 14.4. The number of hydrogen-bond acceptors (Lipinski definition) is 7. The van der Waals surface area contributed by atoms with Gasteiger partial charge in [0.1, 0.15) is 17.3 Å². The first kappa shape index (κ1) is 18.3. The monoisotopic (exact) mass is 347 g/mol. The smallest absolute Gasteiger partial charge is 0.328 e. The van der Waals surface area contributed by atoms with Crippen molar-refractivity contribution in [2.45, 2.75) is 40.2 Å². The van der Waals surface area contributed by atoms with Crippen molar-refractivity contribution in [1.29, 1.82) is 0 Å². The fourth-order valence-electron chi connectivity index (χ4n) is 2.60. The molecule has 3 rings (SSSR count). The molecule has 1 fully saturated rings. The van der Waals surface area contributed by atoms with E-state index in [-0.39, 0.29) is 0 Å². The first-order valence-electron chi connectivity index (χ1n) is 7.97. The van der Waals surface area contributed by atoms with Crippen LogP contribution in [0.4, 0.5) is 10.6 Å². The zero-order chi connectivity index (χ0) is 18.6. The molecule has 0 radical (unpaired) electrons. The summed E-state index contributed by atoms with van der Waals surface area (Å²) in [4.78, 5) is 45.6. The molecule has 2 aromatic rings. The standard InChI is InChI=1S/C8H12N2O3.C7H9N5/c1-3-8(4-2)5(11)9-7(13)10-6(8)12;1-2-12-4-11-5-6(8)9-3-10-7(5)12/h3-4H2,1-2H3,(H2,9,10,11,12,13);3-4H,2H2,1H3,(H2,8,9,10). The lowest BCUT2D eigenvalue weighted by atomic mass is 9.79. The van der Waals surface area contributed by atoms with E-state index in [1.807, 2.05) is 11.5 Å². The topological polar surface area (TPSA) is 145 Å². The van der Waals surface area contributed by atoms with Crippen molar-refractivity contribution in [3.8, 4) is 0 Å². The Morgan fingerprint density at radius 1 is 1.04 bits per heavy atom. The van der Waals surface area contributed by atoms with Gasteiger partial charge in [-0.2, -0.15) is 0 Å². The first-order valence-corrected chi connectivity index (χ1v) is 7.97. The molecular formula is C15H21N7O3. The van der Waals surface area contributed by atoms with Gasteiger partial charge < -0.3 is 10.3 Å². The van der Waals surface area contributed by atoms with Crippen LogP contribution in [0.15, 0.2) is 12.7 Å². The molecule has 134 valence electrons. The van der Waals surface area contributed by atoms with Crippen molar-refractivity contribution in [3.05, 3.63) is 12.7 Å². The summed E-state index contributed by atoms with van der Waals surface area (Å²) in [5, 5.41) is 4.19. The third-order valence-electron chi connectivity index (χ3n) is 4.30. The SMILES string of the molecule is CCC1(CC)C(=O)NC(=O)NC1=O.CCn1cnc2c(N)ncnc21. The van der Waals surface area contributed by atoms with Crippen LogP contribution in [0.1, 0.15) is 33.6 Å². The Morgan fingerprint density at radius 3 is 2.16 bits per heavy atom. The summed E-state index contributed by atoms with van der Waals surface area (Å²) in [6, 6.07) is -0.729. The molecule has 0 unspecified atom stereocenters. The number of carbonyl (C=O) groups is 3. The van der Waals surface area contributed by atoms with E-state index in [1.54, 1.807) is 20.2 Å². The molecule has 3 heterocycles. The van der Waals surface area contributed by atoms with E-state index in [1.165, 1.54) is 6.33 Å². The fourth-order valence-corrected chi connectivity index (χ4v) is 2.60. The van der Waals surface area contributed by atoms with Gasteiger partial charge in [-0.1, -0.05) is 13.8 Å². The number of barbiturate groups is 1. The maximum Gasteiger partial charge on any atom is 0.328 e. The normalized spacial score (nSPS) is 16.0. The average Bonchev–Trinajstić information content (AvgIpc) is 3.00. The van der Waals surface area contributed by atoms with Crippen molar-refractivity contribution < 1.29 is 14.4 Å². The van der Waals surface area contributed by atoms with Gasteiger partial charge in [-0.25, -0.2) is 19.7 Å². The number of nitrogens with one attached hydrogen (secondary N) is 2. The van der Waals surface area contributed by atoms with Gasteiger partial charge >= 0.3 is 6.03 Å². The van der Waals surface area contributed by atoms with Crippen LogP contribution in [-0.4, -0.2) is 37.4 Å². The minimum atomic E-state index is -1.06. The van der Waals surface area contributed by atoms with Crippen LogP contribution in [0.3, 0.4) is 0 Å². The molecule has 0 aliphatic carbocycles. The molecule has 10 nitrogen and oxygen atoms in total. The number of nitrogens with two attached hydrogens (primary N) is 1. The van der Waals surface area contributed by atoms with Crippen LogP contribution >= 0.6 is 0 Å².